The first kappa shape index (κ1) is 44.4. The van der Waals surface area contributed by atoms with Crippen molar-refractivity contribution in [3.63, 3.8) is 0 Å². The molecule has 0 aromatic heterocycles. The third-order valence-electron chi connectivity index (χ3n) is 9.31. The molecule has 0 saturated carbocycles. The van der Waals surface area contributed by atoms with Gasteiger partial charge in [-0.2, -0.15) is 0 Å². The lowest BCUT2D eigenvalue weighted by Gasteiger charge is -2.39. The Hall–Kier alpha value is -2.76. The zero-order chi connectivity index (χ0) is 37.9. The number of ether oxygens (including phenoxy) is 2. The summed E-state index contributed by atoms with van der Waals surface area (Å²) in [5.41, 5.74) is 6.44. The molecule has 7 atom stereocenters. The molecule has 3 amide bonds. The summed E-state index contributed by atoms with van der Waals surface area (Å²) >= 11 is 6.14. The number of halogens is 1. The quantitative estimate of drug-likeness (QED) is 0.0522. The number of carbonyl (C=O) groups excluding carboxylic acids is 3. The molecule has 16 heteroatoms. The maximum absolute atomic E-state index is 13.2. The fourth-order valence-corrected chi connectivity index (χ4v) is 6.16. The van der Waals surface area contributed by atoms with Gasteiger partial charge >= 0.3 is 0 Å². The largest absolute Gasteiger partial charge is 0.496 e. The second-order valence-electron chi connectivity index (χ2n) is 13.3. The van der Waals surface area contributed by atoms with Gasteiger partial charge in [0.25, 0.3) is 5.91 Å². The lowest BCUT2D eigenvalue weighted by molar-refractivity contribution is -0.139. The highest BCUT2D eigenvalue weighted by atomic mass is 35.5. The minimum atomic E-state index is -1.72. The summed E-state index contributed by atoms with van der Waals surface area (Å²) < 4.78 is 11.0. The van der Waals surface area contributed by atoms with E-state index in [1.807, 2.05) is 11.8 Å². The molecule has 1 aliphatic rings. The van der Waals surface area contributed by atoms with E-state index in [4.69, 9.17) is 31.9 Å². The van der Waals surface area contributed by atoms with Crippen LogP contribution < -0.4 is 26.4 Å². The molecule has 0 aliphatic carbocycles. The third kappa shape index (κ3) is 15.0. The molecule has 0 radical (unpaired) electrons. The Kier molecular flexibility index (Phi) is 20.7. The van der Waals surface area contributed by atoms with Gasteiger partial charge < -0.3 is 61.6 Å². The van der Waals surface area contributed by atoms with Crippen molar-refractivity contribution in [1.29, 1.82) is 0 Å². The highest BCUT2D eigenvalue weighted by molar-refractivity contribution is 6.33. The minimum Gasteiger partial charge on any atom is -0.496 e. The molecule has 1 saturated heterocycles. The average molecular weight is 746 g/mol. The molecular formula is C35H60ClN5O10. The summed E-state index contributed by atoms with van der Waals surface area (Å²) in [7, 11) is 3.03. The molecule has 0 bridgehead atoms. The van der Waals surface area contributed by atoms with Crippen molar-refractivity contribution in [3.05, 3.63) is 22.7 Å². The number of unbranched alkanes of at least 4 members (excludes halogenated alkanes) is 5. The number of amides is 3. The molecule has 10 N–H and O–H groups in total. The van der Waals surface area contributed by atoms with Crippen molar-refractivity contribution in [2.45, 2.75) is 108 Å². The lowest BCUT2D eigenvalue weighted by atomic mass is 9.97. The number of benzene rings is 1. The second-order valence-corrected chi connectivity index (χ2v) is 13.7. The van der Waals surface area contributed by atoms with Crippen molar-refractivity contribution >= 4 is 35.0 Å². The van der Waals surface area contributed by atoms with Gasteiger partial charge in [0.05, 0.1) is 48.2 Å². The van der Waals surface area contributed by atoms with Gasteiger partial charge in [0.15, 0.2) is 0 Å². The van der Waals surface area contributed by atoms with Gasteiger partial charge in [0.1, 0.15) is 24.1 Å². The Morgan fingerprint density at radius 3 is 2.29 bits per heavy atom. The number of aliphatic hydroxyl groups is 5. The molecular weight excluding hydrogens is 686 g/mol. The zero-order valence-electron chi connectivity index (χ0n) is 30.2. The number of nitrogens with two attached hydrogens (primary N) is 1. The van der Waals surface area contributed by atoms with Crippen LogP contribution in [0.15, 0.2) is 12.1 Å². The monoisotopic (exact) mass is 745 g/mol. The number of aliphatic hydroxyl groups excluding tert-OH is 5. The summed E-state index contributed by atoms with van der Waals surface area (Å²) in [5, 5.41) is 56.7. The molecule has 2 rings (SSSR count). The molecule has 1 aromatic rings. The third-order valence-corrected chi connectivity index (χ3v) is 9.63. The predicted molar refractivity (Wildman–Crippen MR) is 193 cm³/mol. The summed E-state index contributed by atoms with van der Waals surface area (Å²) in [6.07, 6.45) is 1.29. The standard InChI is InChI=1S/C35H60ClN5O10/c1-22(35(49)41-16-13-26(30(20-41)51-3)40-34(48)23-17-24(36)25(37)18-29(23)50-2)11-8-10-15-38-14-9-6-4-5-7-12-31(45)39-19-27(43)32(46)33(47)28(44)21-42/h17-18,22,26-28,30,32-33,38,42-44,46-47H,4-16,19-21,37H2,1-3H3,(H,39,45)(H,40,48)/t22?,26-,27+,28-,30+,32-,33-/m1/s1. The number of rotatable bonds is 24. The number of likely N-dealkylation sites (tertiary alicyclic amines) is 1. The Morgan fingerprint density at radius 2 is 1.63 bits per heavy atom. The zero-order valence-corrected chi connectivity index (χ0v) is 30.9. The van der Waals surface area contributed by atoms with Crippen LogP contribution in [0.25, 0.3) is 0 Å². The summed E-state index contributed by atoms with van der Waals surface area (Å²) in [6.45, 7) is 3.60. The normalized spacial score (nSPS) is 19.1. The topological polar surface area (TPSA) is 236 Å². The highest BCUT2D eigenvalue weighted by Crippen LogP contribution is 2.29. The fourth-order valence-electron chi connectivity index (χ4n) is 6.00. The minimum absolute atomic E-state index is 0.0884. The molecule has 1 fully saturated rings. The van der Waals surface area contributed by atoms with E-state index in [1.165, 1.54) is 19.2 Å². The van der Waals surface area contributed by atoms with Crippen LogP contribution in [0.5, 0.6) is 5.75 Å². The van der Waals surface area contributed by atoms with Crippen LogP contribution in [0.2, 0.25) is 5.02 Å². The molecule has 1 heterocycles. The number of carbonyl (C=O) groups is 3. The summed E-state index contributed by atoms with van der Waals surface area (Å²) in [4.78, 5) is 40.1. The number of methoxy groups -OCH3 is 2. The van der Waals surface area contributed by atoms with Crippen LogP contribution in [0, 0.1) is 5.92 Å². The van der Waals surface area contributed by atoms with E-state index in [9.17, 15) is 34.8 Å². The fraction of sp³-hybridized carbons (Fsp3) is 0.743. The molecule has 1 unspecified atom stereocenters. The number of anilines is 1. The Bertz CT molecular complexity index is 1210. The van der Waals surface area contributed by atoms with Gasteiger partial charge in [0.2, 0.25) is 11.8 Å². The summed E-state index contributed by atoms with van der Waals surface area (Å²) in [6, 6.07) is 2.71. The van der Waals surface area contributed by atoms with Gasteiger partial charge in [0, 0.05) is 45.1 Å². The number of nitrogens with one attached hydrogen (secondary N) is 3. The van der Waals surface area contributed by atoms with Crippen molar-refractivity contribution in [2.75, 3.05) is 59.3 Å². The molecule has 51 heavy (non-hydrogen) atoms. The van der Waals surface area contributed by atoms with Gasteiger partial charge in [-0.25, -0.2) is 0 Å². The van der Waals surface area contributed by atoms with Gasteiger partial charge in [-0.3, -0.25) is 14.4 Å². The molecule has 1 aliphatic heterocycles. The number of nitrogens with zero attached hydrogens (tertiary/aromatic N) is 1. The Labute approximate surface area is 306 Å². The first-order valence-electron chi connectivity index (χ1n) is 17.9. The maximum Gasteiger partial charge on any atom is 0.255 e. The van der Waals surface area contributed by atoms with Crippen LogP contribution in [0.1, 0.15) is 81.5 Å². The SMILES string of the molecule is COc1cc(N)c(Cl)cc1C(=O)N[C@@H]1CCN(C(=O)C(C)CCCCNCCCCCCCC(=O)NC[C@H](O)[C@@H](O)[C@H](O)[C@H](O)CO)C[C@@H]1OC. The number of nitrogen functional groups attached to an aromatic ring is 1. The van der Waals surface area contributed by atoms with E-state index in [2.05, 4.69) is 16.0 Å². The number of hydrogen-bond donors (Lipinski definition) is 9. The first-order chi connectivity index (χ1) is 24.3. The van der Waals surface area contributed by atoms with E-state index in [0.29, 0.717) is 37.4 Å². The smallest absolute Gasteiger partial charge is 0.255 e. The van der Waals surface area contributed by atoms with E-state index < -0.39 is 31.0 Å². The van der Waals surface area contributed by atoms with E-state index in [0.717, 1.165) is 58.0 Å². The summed E-state index contributed by atoms with van der Waals surface area (Å²) in [5.74, 6) is -0.329. The number of hydrogen-bond acceptors (Lipinski definition) is 12. The Morgan fingerprint density at radius 1 is 0.980 bits per heavy atom. The molecule has 292 valence electrons. The molecule has 0 spiro atoms. The van der Waals surface area contributed by atoms with Crippen molar-refractivity contribution < 1.29 is 49.4 Å². The van der Waals surface area contributed by atoms with Crippen LogP contribution in [-0.2, 0) is 14.3 Å². The second kappa shape index (κ2) is 23.7. The predicted octanol–water partition coefficient (Wildman–Crippen LogP) is 0.565. The highest BCUT2D eigenvalue weighted by Gasteiger charge is 2.34. The van der Waals surface area contributed by atoms with Crippen LogP contribution in [0.4, 0.5) is 5.69 Å². The van der Waals surface area contributed by atoms with Crippen LogP contribution >= 0.6 is 11.6 Å². The van der Waals surface area contributed by atoms with Crippen LogP contribution in [0.3, 0.4) is 0 Å². The van der Waals surface area contributed by atoms with E-state index in [-0.39, 0.29) is 59.3 Å². The van der Waals surface area contributed by atoms with Gasteiger partial charge in [-0.1, -0.05) is 44.2 Å². The van der Waals surface area contributed by atoms with E-state index in [1.54, 1.807) is 7.11 Å². The number of piperidine rings is 1. The lowest BCUT2D eigenvalue weighted by Crippen LogP contribution is -2.56. The molecule has 1 aromatic carbocycles. The van der Waals surface area contributed by atoms with Gasteiger partial charge in [-0.05, 0) is 51.3 Å². The van der Waals surface area contributed by atoms with Crippen molar-refractivity contribution in [1.82, 2.24) is 20.9 Å². The average Bonchev–Trinajstić information content (AvgIpc) is 3.13. The first-order valence-corrected chi connectivity index (χ1v) is 18.3. The maximum atomic E-state index is 13.2. The van der Waals surface area contributed by atoms with Crippen LogP contribution in [-0.4, -0.2) is 138 Å². The van der Waals surface area contributed by atoms with E-state index >= 15 is 0 Å². The Balaban J connectivity index is 1.53. The van der Waals surface area contributed by atoms with Crippen molar-refractivity contribution in [3.8, 4) is 5.75 Å². The van der Waals surface area contributed by atoms with Crippen molar-refractivity contribution in [2.24, 2.45) is 5.92 Å². The van der Waals surface area contributed by atoms with Gasteiger partial charge in [-0.15, -0.1) is 0 Å². The molecule has 15 nitrogen and oxygen atoms in total.